The molecule has 11 aromatic carbocycles. The normalized spacial score (nSPS) is 11.9. The van der Waals surface area contributed by atoms with E-state index in [2.05, 4.69) is 234 Å². The van der Waals surface area contributed by atoms with E-state index in [1.807, 2.05) is 0 Å². The van der Waals surface area contributed by atoms with Crippen molar-refractivity contribution in [2.24, 2.45) is 0 Å². The molecule has 0 aliphatic carbocycles. The van der Waals surface area contributed by atoms with E-state index in [0.717, 1.165) is 44.7 Å². The van der Waals surface area contributed by atoms with Crippen LogP contribution in [0.3, 0.4) is 0 Å². The van der Waals surface area contributed by atoms with Crippen molar-refractivity contribution in [3.8, 4) is 45.0 Å². The van der Waals surface area contributed by atoms with Crippen molar-refractivity contribution in [1.29, 1.82) is 0 Å². The summed E-state index contributed by atoms with van der Waals surface area (Å²) < 4.78 is 4.78. The molecule has 0 radical (unpaired) electrons. The van der Waals surface area contributed by atoms with Gasteiger partial charge in [0, 0.05) is 38.5 Å². The second-order valence-electron chi connectivity index (χ2n) is 16.2. The van der Waals surface area contributed by atoms with Gasteiger partial charge in [0.05, 0.1) is 22.1 Å². The van der Waals surface area contributed by atoms with Crippen LogP contribution in [-0.2, 0) is 0 Å². The van der Waals surface area contributed by atoms with Crippen LogP contribution in [0.25, 0.3) is 121 Å². The smallest absolute Gasteiger partial charge is 0.145 e. The van der Waals surface area contributed by atoms with E-state index in [0.29, 0.717) is 0 Å². The molecular formula is C59H37N3. The molecule has 0 amide bonds. The second-order valence-corrected chi connectivity index (χ2v) is 16.2. The number of nitrogens with zero attached hydrogens (tertiary/aromatic N) is 3. The summed E-state index contributed by atoms with van der Waals surface area (Å²) in [5, 5.41) is 12.2. The van der Waals surface area contributed by atoms with Crippen LogP contribution < -0.4 is 0 Å². The Bertz CT molecular complexity index is 3820. The first kappa shape index (κ1) is 34.6. The van der Waals surface area contributed by atoms with E-state index in [1.165, 1.54) is 76.2 Å². The van der Waals surface area contributed by atoms with E-state index in [1.54, 1.807) is 0 Å². The molecule has 0 saturated carbocycles. The molecule has 3 heteroatoms. The molecule has 2 aromatic heterocycles. The van der Waals surface area contributed by atoms with Crippen LogP contribution in [0.2, 0.25) is 0 Å². The zero-order chi connectivity index (χ0) is 40.7. The summed E-state index contributed by atoms with van der Waals surface area (Å²) in [5.41, 5.74) is 12.6. The van der Waals surface area contributed by atoms with Gasteiger partial charge < -0.3 is 4.57 Å². The van der Waals surface area contributed by atoms with Gasteiger partial charge in [-0.25, -0.2) is 4.98 Å². The minimum atomic E-state index is 0.918. The third kappa shape index (κ3) is 5.09. The molecule has 0 bridgehead atoms. The van der Waals surface area contributed by atoms with E-state index in [9.17, 15) is 0 Å². The van der Waals surface area contributed by atoms with E-state index < -0.39 is 0 Å². The Morgan fingerprint density at radius 1 is 0.274 bits per heavy atom. The van der Waals surface area contributed by atoms with E-state index >= 15 is 0 Å². The third-order valence-electron chi connectivity index (χ3n) is 12.9. The number of imidazole rings is 1. The van der Waals surface area contributed by atoms with Crippen molar-refractivity contribution in [2.75, 3.05) is 0 Å². The highest BCUT2D eigenvalue weighted by atomic mass is 15.1. The summed E-state index contributed by atoms with van der Waals surface area (Å²) in [6.45, 7) is 0. The minimum absolute atomic E-state index is 0.918. The van der Waals surface area contributed by atoms with Crippen LogP contribution in [-0.4, -0.2) is 14.1 Å². The van der Waals surface area contributed by atoms with Crippen LogP contribution in [0.5, 0.6) is 0 Å². The zero-order valence-corrected chi connectivity index (χ0v) is 33.7. The highest BCUT2D eigenvalue weighted by Crippen LogP contribution is 2.46. The number of rotatable bonds is 5. The van der Waals surface area contributed by atoms with Gasteiger partial charge in [0.25, 0.3) is 0 Å². The van der Waals surface area contributed by atoms with Crippen LogP contribution in [0, 0.1) is 0 Å². The highest BCUT2D eigenvalue weighted by Gasteiger charge is 2.22. The molecular weight excluding hydrogens is 751 g/mol. The molecule has 62 heavy (non-hydrogen) atoms. The summed E-state index contributed by atoms with van der Waals surface area (Å²) in [4.78, 5) is 5.58. The van der Waals surface area contributed by atoms with Gasteiger partial charge in [0.15, 0.2) is 0 Å². The molecule has 0 fully saturated rings. The zero-order valence-electron chi connectivity index (χ0n) is 33.7. The standard InChI is InChI=1S/C59H37N3/c1-2-21-41(22-3-1)62-58-52-33-11-5-25-44(52)43-24-4-10-32-51(43)57(58)60-59(62)40-20-16-18-38(36-40)55-47-28-6-8-30-49(47)56(50-31-9-7-29-48(50)55)39-19-17-23-42(37-39)61-53-34-14-12-26-45(53)46-27-13-15-35-54(46)61/h1-37H. The molecule has 2 heterocycles. The molecule has 13 aromatic rings. The summed E-state index contributed by atoms with van der Waals surface area (Å²) in [6.07, 6.45) is 0. The fourth-order valence-corrected chi connectivity index (χ4v) is 10.3. The van der Waals surface area contributed by atoms with Crippen LogP contribution in [0.15, 0.2) is 224 Å². The van der Waals surface area contributed by atoms with Gasteiger partial charge in [-0.3, -0.25) is 4.57 Å². The molecule has 3 nitrogen and oxygen atoms in total. The van der Waals surface area contributed by atoms with Crippen molar-refractivity contribution in [1.82, 2.24) is 14.1 Å². The number of hydrogen-bond acceptors (Lipinski definition) is 1. The molecule has 0 aliphatic rings. The topological polar surface area (TPSA) is 22.8 Å². The Labute approximate surface area is 358 Å². The number of fused-ring (bicyclic) bond motifs is 11. The minimum Gasteiger partial charge on any atom is -0.309 e. The highest BCUT2D eigenvalue weighted by molar-refractivity contribution is 6.25. The monoisotopic (exact) mass is 787 g/mol. The van der Waals surface area contributed by atoms with Gasteiger partial charge in [0.1, 0.15) is 5.82 Å². The largest absolute Gasteiger partial charge is 0.309 e. The lowest BCUT2D eigenvalue weighted by molar-refractivity contribution is 1.11. The lowest BCUT2D eigenvalue weighted by Gasteiger charge is -2.19. The molecule has 0 atom stereocenters. The van der Waals surface area contributed by atoms with Crippen molar-refractivity contribution in [3.05, 3.63) is 224 Å². The molecule has 0 saturated heterocycles. The lowest BCUT2D eigenvalue weighted by Crippen LogP contribution is -1.98. The lowest BCUT2D eigenvalue weighted by atomic mass is 9.85. The first-order valence-corrected chi connectivity index (χ1v) is 21.3. The maximum Gasteiger partial charge on any atom is 0.145 e. The van der Waals surface area contributed by atoms with Gasteiger partial charge in [-0.15, -0.1) is 0 Å². The van der Waals surface area contributed by atoms with Crippen molar-refractivity contribution in [3.63, 3.8) is 0 Å². The Balaban J connectivity index is 1.05. The second kappa shape index (κ2) is 13.6. The third-order valence-corrected chi connectivity index (χ3v) is 12.9. The molecule has 288 valence electrons. The number of hydrogen-bond donors (Lipinski definition) is 0. The average Bonchev–Trinajstić information content (AvgIpc) is 3.91. The summed E-state index contributed by atoms with van der Waals surface area (Å²) in [5.74, 6) is 0.918. The average molecular weight is 788 g/mol. The molecule has 13 rings (SSSR count). The van der Waals surface area contributed by atoms with E-state index in [4.69, 9.17) is 4.98 Å². The Kier molecular flexibility index (Phi) is 7.60. The Morgan fingerprint density at radius 2 is 0.694 bits per heavy atom. The van der Waals surface area contributed by atoms with Gasteiger partial charge in [0.2, 0.25) is 0 Å². The van der Waals surface area contributed by atoms with Crippen LogP contribution >= 0.6 is 0 Å². The Morgan fingerprint density at radius 3 is 1.29 bits per heavy atom. The first-order valence-electron chi connectivity index (χ1n) is 21.3. The van der Waals surface area contributed by atoms with Crippen molar-refractivity contribution < 1.29 is 0 Å². The van der Waals surface area contributed by atoms with Crippen LogP contribution in [0.1, 0.15) is 0 Å². The number of para-hydroxylation sites is 3. The van der Waals surface area contributed by atoms with E-state index in [-0.39, 0.29) is 0 Å². The first-order chi connectivity index (χ1) is 30.8. The van der Waals surface area contributed by atoms with Gasteiger partial charge in [-0.05, 0) is 97.0 Å². The quantitative estimate of drug-likeness (QED) is 0.126. The summed E-state index contributed by atoms with van der Waals surface area (Å²) >= 11 is 0. The maximum absolute atomic E-state index is 5.58. The molecule has 0 aliphatic heterocycles. The number of benzene rings is 11. The fourth-order valence-electron chi connectivity index (χ4n) is 10.3. The van der Waals surface area contributed by atoms with Crippen molar-refractivity contribution >= 4 is 75.9 Å². The molecule has 0 unspecified atom stereocenters. The van der Waals surface area contributed by atoms with Crippen LogP contribution in [0.4, 0.5) is 0 Å². The molecule has 0 spiro atoms. The molecule has 0 N–H and O–H groups in total. The summed E-state index contributed by atoms with van der Waals surface area (Å²) in [7, 11) is 0. The number of aromatic nitrogens is 3. The maximum atomic E-state index is 5.58. The SMILES string of the molecule is c1ccc(-n2c(-c3cccc(-c4c5ccccc5c(-c5cccc(-n6c7ccccc7c7ccccc76)c5)c5ccccc45)c3)nc3c4ccccc4c4ccccc4c32)cc1. The predicted molar refractivity (Wildman–Crippen MR) is 262 cm³/mol. The Hall–Kier alpha value is -8.27. The fraction of sp³-hybridized carbons (Fsp3) is 0. The van der Waals surface area contributed by atoms with Crippen molar-refractivity contribution in [2.45, 2.75) is 0 Å². The van der Waals surface area contributed by atoms with Gasteiger partial charge >= 0.3 is 0 Å². The van der Waals surface area contributed by atoms with Gasteiger partial charge in [-0.2, -0.15) is 0 Å². The summed E-state index contributed by atoms with van der Waals surface area (Å²) in [6, 6.07) is 81.6. The van der Waals surface area contributed by atoms with Gasteiger partial charge in [-0.1, -0.05) is 182 Å². The predicted octanol–water partition coefficient (Wildman–Crippen LogP) is 15.7.